The third-order valence-corrected chi connectivity index (χ3v) is 3.45. The first kappa shape index (κ1) is 15.9. The molecule has 6 nitrogen and oxygen atoms in total. The second kappa shape index (κ2) is 6.98. The van der Waals surface area contributed by atoms with Gasteiger partial charge in [0.25, 0.3) is 0 Å². The lowest BCUT2D eigenvalue weighted by Crippen LogP contribution is -2.02. The summed E-state index contributed by atoms with van der Waals surface area (Å²) in [7, 11) is 3.18. The Bertz CT molecular complexity index is 647. The van der Waals surface area contributed by atoms with Gasteiger partial charge in [-0.1, -0.05) is 6.92 Å². The van der Waals surface area contributed by atoms with E-state index in [9.17, 15) is 4.79 Å². The van der Waals surface area contributed by atoms with Gasteiger partial charge in [0.15, 0.2) is 0 Å². The minimum atomic E-state index is -0.832. The third-order valence-electron chi connectivity index (χ3n) is 3.45. The zero-order chi connectivity index (χ0) is 16.1. The molecule has 0 spiro atoms. The monoisotopic (exact) mass is 304 g/mol. The average Bonchev–Trinajstić information content (AvgIpc) is 2.90. The van der Waals surface area contributed by atoms with Gasteiger partial charge in [0, 0.05) is 12.0 Å². The zero-order valence-corrected chi connectivity index (χ0v) is 13.0. The minimum Gasteiger partial charge on any atom is -0.497 e. The van der Waals surface area contributed by atoms with Gasteiger partial charge in [-0.15, -0.1) is 0 Å². The largest absolute Gasteiger partial charge is 0.497 e. The molecule has 0 bridgehead atoms. The van der Waals surface area contributed by atoms with E-state index in [-0.39, 0.29) is 6.42 Å². The van der Waals surface area contributed by atoms with E-state index in [4.69, 9.17) is 14.6 Å². The number of carboxylic acid groups (broad SMARTS) is 1. The van der Waals surface area contributed by atoms with Gasteiger partial charge >= 0.3 is 5.97 Å². The van der Waals surface area contributed by atoms with Crippen LogP contribution in [0.5, 0.6) is 11.6 Å². The first-order valence-corrected chi connectivity index (χ1v) is 7.11. The highest BCUT2D eigenvalue weighted by Gasteiger charge is 2.19. The molecule has 2 aromatic rings. The molecule has 1 heterocycles. The quantitative estimate of drug-likeness (QED) is 0.850. The predicted octanol–water partition coefficient (Wildman–Crippen LogP) is 2.47. The molecule has 0 aliphatic carbocycles. The first-order chi connectivity index (χ1) is 10.6. The van der Waals surface area contributed by atoms with Gasteiger partial charge in [0.05, 0.1) is 25.6 Å². The van der Waals surface area contributed by atoms with E-state index in [1.54, 1.807) is 18.9 Å². The number of aliphatic carboxylic acids is 1. The van der Waals surface area contributed by atoms with Crippen LogP contribution in [0.1, 0.15) is 24.6 Å². The van der Waals surface area contributed by atoms with Crippen LogP contribution in [-0.2, 0) is 17.6 Å². The van der Waals surface area contributed by atoms with Gasteiger partial charge in [-0.05, 0) is 37.1 Å². The van der Waals surface area contributed by atoms with Crippen molar-refractivity contribution < 1.29 is 19.4 Å². The van der Waals surface area contributed by atoms with Crippen molar-refractivity contribution in [3.63, 3.8) is 0 Å². The molecule has 2 rings (SSSR count). The lowest BCUT2D eigenvalue weighted by molar-refractivity contribution is -0.136. The van der Waals surface area contributed by atoms with Crippen LogP contribution >= 0.6 is 0 Å². The van der Waals surface area contributed by atoms with Crippen LogP contribution in [0.2, 0.25) is 0 Å². The molecule has 22 heavy (non-hydrogen) atoms. The SMILES string of the molecule is CCc1nn(-c2ccc(OC)cc2)c(OC)c1CCC(=O)O. The molecule has 0 atom stereocenters. The number of carbonyl (C=O) groups is 1. The molecule has 0 amide bonds. The molecule has 0 aliphatic rings. The van der Waals surface area contributed by atoms with Crippen molar-refractivity contribution in [2.45, 2.75) is 26.2 Å². The Morgan fingerprint density at radius 1 is 1.23 bits per heavy atom. The van der Waals surface area contributed by atoms with Crippen molar-refractivity contribution in [3.8, 4) is 17.3 Å². The van der Waals surface area contributed by atoms with Crippen LogP contribution in [0.4, 0.5) is 0 Å². The Morgan fingerprint density at radius 3 is 2.41 bits per heavy atom. The molecule has 1 aromatic heterocycles. The third kappa shape index (κ3) is 3.21. The highest BCUT2D eigenvalue weighted by atomic mass is 16.5. The number of hydrogen-bond donors (Lipinski definition) is 1. The van der Waals surface area contributed by atoms with Gasteiger partial charge in [0.2, 0.25) is 5.88 Å². The van der Waals surface area contributed by atoms with E-state index in [2.05, 4.69) is 5.10 Å². The molecular formula is C16H20N2O4. The Labute approximate surface area is 129 Å². The molecule has 6 heteroatoms. The molecule has 0 saturated carbocycles. The Kier molecular flexibility index (Phi) is 5.04. The lowest BCUT2D eigenvalue weighted by Gasteiger charge is -2.08. The molecule has 0 unspecified atom stereocenters. The second-order valence-electron chi connectivity index (χ2n) is 4.79. The fourth-order valence-corrected chi connectivity index (χ4v) is 2.35. The summed E-state index contributed by atoms with van der Waals surface area (Å²) in [5.41, 5.74) is 2.55. The molecular weight excluding hydrogens is 284 g/mol. The molecule has 1 N–H and O–H groups in total. The molecule has 0 aliphatic heterocycles. The molecule has 1 aromatic carbocycles. The molecule has 0 saturated heterocycles. The van der Waals surface area contributed by atoms with E-state index in [1.807, 2.05) is 31.2 Å². The standard InChI is InChI=1S/C16H20N2O4/c1-4-14-13(9-10-15(19)20)16(22-3)18(17-14)11-5-7-12(21-2)8-6-11/h5-8H,4,9-10H2,1-3H3,(H,19,20). The molecule has 0 radical (unpaired) electrons. The van der Waals surface area contributed by atoms with Gasteiger partial charge in [-0.25, -0.2) is 4.68 Å². The van der Waals surface area contributed by atoms with Crippen LogP contribution in [0.25, 0.3) is 5.69 Å². The number of methoxy groups -OCH3 is 2. The molecule has 118 valence electrons. The number of carboxylic acids is 1. The lowest BCUT2D eigenvalue weighted by atomic mass is 10.1. The fraction of sp³-hybridized carbons (Fsp3) is 0.375. The summed E-state index contributed by atoms with van der Waals surface area (Å²) in [5, 5.41) is 13.5. The number of aromatic nitrogens is 2. The van der Waals surface area contributed by atoms with Crippen molar-refractivity contribution in [2.24, 2.45) is 0 Å². The van der Waals surface area contributed by atoms with E-state index in [0.717, 1.165) is 22.7 Å². The summed E-state index contributed by atoms with van der Waals surface area (Å²) in [6.45, 7) is 1.99. The van der Waals surface area contributed by atoms with Crippen LogP contribution < -0.4 is 9.47 Å². The number of rotatable bonds is 7. The van der Waals surface area contributed by atoms with Crippen molar-refractivity contribution >= 4 is 5.97 Å². The van der Waals surface area contributed by atoms with Crippen molar-refractivity contribution in [3.05, 3.63) is 35.5 Å². The van der Waals surface area contributed by atoms with Gasteiger partial charge in [-0.3, -0.25) is 4.79 Å². The smallest absolute Gasteiger partial charge is 0.303 e. The molecule has 0 fully saturated rings. The van der Waals surface area contributed by atoms with Gasteiger partial charge in [-0.2, -0.15) is 5.10 Å². The van der Waals surface area contributed by atoms with E-state index < -0.39 is 5.97 Å². The summed E-state index contributed by atoms with van der Waals surface area (Å²) in [5.74, 6) is 0.515. The normalized spacial score (nSPS) is 10.5. The second-order valence-corrected chi connectivity index (χ2v) is 4.79. The fourth-order valence-electron chi connectivity index (χ4n) is 2.35. The van der Waals surface area contributed by atoms with Crippen molar-refractivity contribution in [1.82, 2.24) is 9.78 Å². The van der Waals surface area contributed by atoms with E-state index >= 15 is 0 Å². The minimum absolute atomic E-state index is 0.0532. The predicted molar refractivity (Wildman–Crippen MR) is 82.0 cm³/mol. The summed E-state index contributed by atoms with van der Waals surface area (Å²) in [6.07, 6.45) is 1.17. The van der Waals surface area contributed by atoms with Crippen LogP contribution in [0, 0.1) is 0 Å². The number of hydrogen-bond acceptors (Lipinski definition) is 4. The summed E-state index contributed by atoms with van der Waals surface area (Å²) >= 11 is 0. The van der Waals surface area contributed by atoms with E-state index in [1.165, 1.54) is 0 Å². The Morgan fingerprint density at radius 2 is 1.91 bits per heavy atom. The van der Waals surface area contributed by atoms with Crippen LogP contribution in [0.15, 0.2) is 24.3 Å². The van der Waals surface area contributed by atoms with Crippen molar-refractivity contribution in [1.29, 1.82) is 0 Å². The highest BCUT2D eigenvalue weighted by Crippen LogP contribution is 2.28. The number of nitrogens with zero attached hydrogens (tertiary/aromatic N) is 2. The number of benzene rings is 1. The maximum atomic E-state index is 10.8. The van der Waals surface area contributed by atoms with E-state index in [0.29, 0.717) is 18.7 Å². The van der Waals surface area contributed by atoms with Crippen molar-refractivity contribution in [2.75, 3.05) is 14.2 Å². The summed E-state index contributed by atoms with van der Waals surface area (Å²) in [6, 6.07) is 7.46. The first-order valence-electron chi connectivity index (χ1n) is 7.11. The number of ether oxygens (including phenoxy) is 2. The summed E-state index contributed by atoms with van der Waals surface area (Å²) < 4.78 is 12.3. The summed E-state index contributed by atoms with van der Waals surface area (Å²) in [4.78, 5) is 10.8. The van der Waals surface area contributed by atoms with Gasteiger partial charge < -0.3 is 14.6 Å². The van der Waals surface area contributed by atoms with Crippen LogP contribution in [0.3, 0.4) is 0 Å². The average molecular weight is 304 g/mol. The maximum Gasteiger partial charge on any atom is 0.303 e. The maximum absolute atomic E-state index is 10.8. The van der Waals surface area contributed by atoms with Gasteiger partial charge in [0.1, 0.15) is 5.75 Å². The highest BCUT2D eigenvalue weighted by molar-refractivity contribution is 5.67. The number of aryl methyl sites for hydroxylation is 1. The topological polar surface area (TPSA) is 73.6 Å². The zero-order valence-electron chi connectivity index (χ0n) is 13.0. The Balaban J connectivity index is 2.43. The Hall–Kier alpha value is -2.50. The van der Waals surface area contributed by atoms with Crippen LogP contribution in [-0.4, -0.2) is 35.1 Å².